The Labute approximate surface area is 205 Å². The number of aliphatic hydroxyl groups is 1. The van der Waals surface area contributed by atoms with Crippen LogP contribution in [0.5, 0.6) is 0 Å². The number of benzene rings is 2. The van der Waals surface area contributed by atoms with E-state index in [0.717, 1.165) is 0 Å². The monoisotopic (exact) mass is 495 g/mol. The Morgan fingerprint density at radius 2 is 1.94 bits per heavy atom. The van der Waals surface area contributed by atoms with Gasteiger partial charge in [0.2, 0.25) is 0 Å². The predicted octanol–water partition coefficient (Wildman–Crippen LogP) is 6.18. The molecule has 186 valence electrons. The number of nitrogens with zero attached hydrogens (tertiary/aromatic N) is 2. The fourth-order valence-corrected chi connectivity index (χ4v) is 3.90. The van der Waals surface area contributed by atoms with E-state index in [1.807, 2.05) is 6.07 Å². The molecule has 9 heteroatoms. The topological polar surface area (TPSA) is 98.3 Å². The fraction of sp³-hybridized carbons (Fsp3) is 0.185. The zero-order chi connectivity index (χ0) is 26.5. The summed E-state index contributed by atoms with van der Waals surface area (Å²) < 4.78 is 44.6. The molecular formula is C27H24F3N3O3. The lowest BCUT2D eigenvalue weighted by Crippen LogP contribution is -2.34. The van der Waals surface area contributed by atoms with Gasteiger partial charge in [0.05, 0.1) is 29.2 Å². The molecule has 0 aliphatic carbocycles. The van der Waals surface area contributed by atoms with Crippen LogP contribution in [0.2, 0.25) is 0 Å². The summed E-state index contributed by atoms with van der Waals surface area (Å²) in [7, 11) is 0. The molecule has 0 aliphatic heterocycles. The van der Waals surface area contributed by atoms with Crippen LogP contribution in [0.4, 0.5) is 13.2 Å². The third-order valence-electron chi connectivity index (χ3n) is 5.54. The van der Waals surface area contributed by atoms with Crippen LogP contribution in [-0.2, 0) is 13.0 Å². The highest BCUT2D eigenvalue weighted by Gasteiger charge is 2.43. The molecule has 0 bridgehead atoms. The van der Waals surface area contributed by atoms with E-state index in [2.05, 4.69) is 11.9 Å². The Bertz CT molecular complexity index is 1380. The Balaban J connectivity index is 2.02. The molecule has 0 radical (unpaired) electrons. The van der Waals surface area contributed by atoms with E-state index in [1.165, 1.54) is 48.7 Å². The van der Waals surface area contributed by atoms with Gasteiger partial charge in [-0.15, -0.1) is 0 Å². The molecule has 2 aromatic carbocycles. The molecule has 0 spiro atoms. The van der Waals surface area contributed by atoms with Crippen molar-refractivity contribution >= 4 is 16.9 Å². The second-order valence-electron chi connectivity index (χ2n) is 8.17. The fourth-order valence-electron chi connectivity index (χ4n) is 3.90. The van der Waals surface area contributed by atoms with E-state index in [4.69, 9.17) is 5.11 Å². The minimum atomic E-state index is -4.73. The molecule has 0 fully saturated rings. The number of rotatable bonds is 9. The highest BCUT2D eigenvalue weighted by Crippen LogP contribution is 2.38. The number of halogens is 3. The van der Waals surface area contributed by atoms with Crippen molar-refractivity contribution < 1.29 is 28.2 Å². The lowest BCUT2D eigenvalue weighted by Gasteiger charge is -2.24. The predicted molar refractivity (Wildman–Crippen MR) is 130 cm³/mol. The number of aromatic nitrogens is 1. The molecule has 1 heterocycles. The number of fused-ring (bicyclic) bond motifs is 1. The first-order valence-electron chi connectivity index (χ1n) is 10.9. The summed E-state index contributed by atoms with van der Waals surface area (Å²) in [4.78, 5) is 11.0. The maximum atomic E-state index is 14.3. The van der Waals surface area contributed by atoms with Gasteiger partial charge in [0.25, 0.3) is 0 Å². The zero-order valence-corrected chi connectivity index (χ0v) is 19.4. The van der Waals surface area contributed by atoms with Crippen LogP contribution in [0.1, 0.15) is 40.0 Å². The van der Waals surface area contributed by atoms with Gasteiger partial charge in [-0.25, -0.2) is 4.79 Å². The maximum Gasteiger partial charge on any atom is 0.412 e. The molecule has 0 saturated heterocycles. The Morgan fingerprint density at radius 1 is 1.25 bits per heavy atom. The zero-order valence-electron chi connectivity index (χ0n) is 19.4. The van der Waals surface area contributed by atoms with Crippen LogP contribution in [0, 0.1) is 11.3 Å². The number of carboxylic acids is 1. The van der Waals surface area contributed by atoms with Crippen molar-refractivity contribution in [3.8, 4) is 6.07 Å². The van der Waals surface area contributed by atoms with Crippen molar-refractivity contribution in [1.82, 2.24) is 9.88 Å². The maximum absolute atomic E-state index is 14.3. The Morgan fingerprint density at radius 3 is 2.50 bits per heavy atom. The molecule has 3 aromatic rings. The highest BCUT2D eigenvalue weighted by molar-refractivity contribution is 5.87. The average Bonchev–Trinajstić information content (AvgIpc) is 3.18. The van der Waals surface area contributed by atoms with Gasteiger partial charge in [0.15, 0.2) is 6.04 Å². The Hall–Kier alpha value is -4.45. The third-order valence-corrected chi connectivity index (χ3v) is 5.54. The minimum Gasteiger partial charge on any atom is -0.514 e. The second kappa shape index (κ2) is 10.9. The largest absolute Gasteiger partial charge is 0.514 e. The summed E-state index contributed by atoms with van der Waals surface area (Å²) in [6, 6.07) is 9.93. The molecule has 0 aliphatic rings. The number of nitrogens with one attached hydrogen (secondary N) is 1. The van der Waals surface area contributed by atoms with Gasteiger partial charge in [-0.2, -0.15) is 18.4 Å². The summed E-state index contributed by atoms with van der Waals surface area (Å²) in [5, 5.41) is 30.7. The van der Waals surface area contributed by atoms with Gasteiger partial charge >= 0.3 is 12.1 Å². The molecule has 1 aromatic heterocycles. The highest BCUT2D eigenvalue weighted by atomic mass is 19.4. The van der Waals surface area contributed by atoms with Gasteiger partial charge in [0.1, 0.15) is 0 Å². The average molecular weight is 496 g/mol. The van der Waals surface area contributed by atoms with E-state index in [9.17, 15) is 28.3 Å². The van der Waals surface area contributed by atoms with Crippen LogP contribution in [0.15, 0.2) is 84.9 Å². The molecule has 3 rings (SSSR count). The van der Waals surface area contributed by atoms with Crippen molar-refractivity contribution in [3.63, 3.8) is 0 Å². The molecule has 1 unspecified atom stereocenters. The van der Waals surface area contributed by atoms with Gasteiger partial charge in [0, 0.05) is 35.6 Å². The van der Waals surface area contributed by atoms with Crippen molar-refractivity contribution in [1.29, 1.82) is 5.26 Å². The molecule has 1 atom stereocenters. The number of carbonyl (C=O) groups is 1. The summed E-state index contributed by atoms with van der Waals surface area (Å²) >= 11 is 0. The SMILES string of the molecule is C=C(/C=C\C)Cn1cc(C(NC(=CO)Cc2ccc(C(=O)O)cc2)C(F)(F)F)c2ccc(C#N)cc21. The standard InChI is InChI=1S/C27H24F3N3O3/c1-3-4-17(2)14-33-15-23(22-10-7-19(13-31)12-24(22)33)25(27(28,29)30)32-21(16-34)11-18-5-8-20(9-6-18)26(35)36/h3-10,12,15-16,25,32,34H,2,11,14H2,1H3,(H,35,36)/b4-3-,21-16?. The number of alkyl halides is 3. The second-order valence-corrected chi connectivity index (χ2v) is 8.17. The molecule has 6 nitrogen and oxygen atoms in total. The van der Waals surface area contributed by atoms with E-state index in [-0.39, 0.29) is 29.8 Å². The molecule has 0 saturated carbocycles. The van der Waals surface area contributed by atoms with Gasteiger partial charge in [-0.3, -0.25) is 0 Å². The number of hydrogen-bond acceptors (Lipinski definition) is 4. The summed E-state index contributed by atoms with van der Waals surface area (Å²) in [6.45, 7) is 5.95. The quantitative estimate of drug-likeness (QED) is 0.243. The normalized spacial score (nSPS) is 13.0. The third kappa shape index (κ3) is 5.96. The smallest absolute Gasteiger partial charge is 0.412 e. The number of allylic oxidation sites excluding steroid dienone is 4. The van der Waals surface area contributed by atoms with Crippen molar-refractivity contribution in [2.75, 3.05) is 0 Å². The molecule has 36 heavy (non-hydrogen) atoms. The number of nitriles is 1. The van der Waals surface area contributed by atoms with Crippen LogP contribution in [0.25, 0.3) is 10.9 Å². The number of carboxylic acid groups (broad SMARTS) is 1. The summed E-state index contributed by atoms with van der Waals surface area (Å²) in [6.07, 6.45) is 0.665. The molecule has 3 N–H and O–H groups in total. The number of aliphatic hydroxyl groups excluding tert-OH is 1. The van der Waals surface area contributed by atoms with Gasteiger partial charge < -0.3 is 20.1 Å². The first kappa shape index (κ1) is 26.2. The van der Waals surface area contributed by atoms with Crippen molar-refractivity contribution in [2.45, 2.75) is 32.1 Å². The number of aromatic carboxylic acids is 1. The number of hydrogen-bond donors (Lipinski definition) is 3. The van der Waals surface area contributed by atoms with Gasteiger partial charge in [-0.05, 0) is 42.3 Å². The first-order chi connectivity index (χ1) is 17.1. The van der Waals surface area contributed by atoms with E-state index >= 15 is 0 Å². The summed E-state index contributed by atoms with van der Waals surface area (Å²) in [5.74, 6) is -1.12. The minimum absolute atomic E-state index is 0.0402. The van der Waals surface area contributed by atoms with Crippen LogP contribution in [0.3, 0.4) is 0 Å². The molecule has 0 amide bonds. The lowest BCUT2D eigenvalue weighted by molar-refractivity contribution is -0.155. The lowest BCUT2D eigenvalue weighted by atomic mass is 10.0. The van der Waals surface area contributed by atoms with Crippen LogP contribution < -0.4 is 5.32 Å². The molecular weight excluding hydrogens is 471 g/mol. The van der Waals surface area contributed by atoms with Crippen LogP contribution in [-0.4, -0.2) is 26.9 Å². The van der Waals surface area contributed by atoms with Crippen LogP contribution >= 0.6 is 0 Å². The summed E-state index contributed by atoms with van der Waals surface area (Å²) in [5.41, 5.74) is 1.80. The van der Waals surface area contributed by atoms with Crippen molar-refractivity contribution in [2.24, 2.45) is 0 Å². The van der Waals surface area contributed by atoms with E-state index < -0.39 is 18.2 Å². The Kier molecular flexibility index (Phi) is 7.90. The first-order valence-corrected chi connectivity index (χ1v) is 10.9. The van der Waals surface area contributed by atoms with Gasteiger partial charge in [-0.1, -0.05) is 36.9 Å². The van der Waals surface area contributed by atoms with E-state index in [1.54, 1.807) is 23.6 Å². The van der Waals surface area contributed by atoms with Crippen molar-refractivity contribution in [3.05, 3.63) is 107 Å². The van der Waals surface area contributed by atoms with E-state index in [0.29, 0.717) is 33.9 Å².